The van der Waals surface area contributed by atoms with Crippen molar-refractivity contribution in [3.63, 3.8) is 0 Å². The van der Waals surface area contributed by atoms with E-state index in [0.29, 0.717) is 11.1 Å². The summed E-state index contributed by atoms with van der Waals surface area (Å²) in [5.41, 5.74) is 9.23. The Balaban J connectivity index is 1.79. The number of nitrogens with zero attached hydrogens (tertiary/aromatic N) is 1. The number of pyridine rings is 1. The maximum Gasteiger partial charge on any atom is 0.340 e. The van der Waals surface area contributed by atoms with Gasteiger partial charge in [0.1, 0.15) is 0 Å². The molecule has 0 aliphatic heterocycles. The van der Waals surface area contributed by atoms with Gasteiger partial charge in [0.25, 0.3) is 5.91 Å². The maximum absolute atomic E-state index is 13.2. The molecule has 1 aliphatic carbocycles. The van der Waals surface area contributed by atoms with Crippen LogP contribution in [-0.2, 0) is 22.4 Å². The number of rotatable bonds is 4. The van der Waals surface area contributed by atoms with Gasteiger partial charge in [-0.3, -0.25) is 9.78 Å². The largest absolute Gasteiger partial charge is 0.444 e. The van der Waals surface area contributed by atoms with Gasteiger partial charge in [-0.25, -0.2) is 4.79 Å². The fourth-order valence-corrected chi connectivity index (χ4v) is 3.69. The topological polar surface area (TPSA) is 82.3 Å². The van der Waals surface area contributed by atoms with Gasteiger partial charge in [0.2, 0.25) is 6.10 Å². The average Bonchev–Trinajstić information content (AvgIpc) is 2.70. The summed E-state index contributed by atoms with van der Waals surface area (Å²) in [4.78, 5) is 29.8. The van der Waals surface area contributed by atoms with Crippen LogP contribution in [0.2, 0.25) is 0 Å². The Labute approximate surface area is 157 Å². The molecule has 1 aliphatic rings. The summed E-state index contributed by atoms with van der Waals surface area (Å²) in [5.74, 6) is -1.22. The van der Waals surface area contributed by atoms with Crippen molar-refractivity contribution < 1.29 is 14.3 Å². The second-order valence-corrected chi connectivity index (χ2v) is 6.73. The number of hydrogen-bond acceptors (Lipinski definition) is 4. The molecule has 1 atom stereocenters. The van der Waals surface area contributed by atoms with E-state index in [4.69, 9.17) is 15.5 Å². The summed E-state index contributed by atoms with van der Waals surface area (Å²) in [5, 5.41) is 0.749. The quantitative estimate of drug-likeness (QED) is 0.722. The Morgan fingerprint density at radius 2 is 1.67 bits per heavy atom. The van der Waals surface area contributed by atoms with Gasteiger partial charge in [-0.2, -0.15) is 0 Å². The number of fused-ring (bicyclic) bond motifs is 2. The van der Waals surface area contributed by atoms with E-state index in [1.165, 1.54) is 0 Å². The van der Waals surface area contributed by atoms with Gasteiger partial charge in [0.05, 0.1) is 11.1 Å². The average molecular weight is 360 g/mol. The third kappa shape index (κ3) is 3.28. The molecule has 0 saturated heterocycles. The van der Waals surface area contributed by atoms with Crippen LogP contribution < -0.4 is 5.73 Å². The molecule has 0 saturated carbocycles. The number of aromatic nitrogens is 1. The molecule has 0 spiro atoms. The highest BCUT2D eigenvalue weighted by Crippen LogP contribution is 2.31. The summed E-state index contributed by atoms with van der Waals surface area (Å²) in [6.45, 7) is 0. The Bertz CT molecular complexity index is 1010. The van der Waals surface area contributed by atoms with Crippen molar-refractivity contribution in [1.82, 2.24) is 4.98 Å². The lowest BCUT2D eigenvalue weighted by atomic mass is 9.90. The van der Waals surface area contributed by atoms with Crippen molar-refractivity contribution in [2.45, 2.75) is 31.8 Å². The van der Waals surface area contributed by atoms with E-state index in [-0.39, 0.29) is 0 Å². The molecular formula is C22H20N2O3. The van der Waals surface area contributed by atoms with Gasteiger partial charge in [-0.15, -0.1) is 0 Å². The van der Waals surface area contributed by atoms with Crippen LogP contribution in [-0.4, -0.2) is 16.9 Å². The number of benzene rings is 2. The van der Waals surface area contributed by atoms with Gasteiger partial charge >= 0.3 is 5.97 Å². The predicted molar refractivity (Wildman–Crippen MR) is 102 cm³/mol. The zero-order chi connectivity index (χ0) is 18.8. The third-order valence-electron chi connectivity index (χ3n) is 4.96. The predicted octanol–water partition coefficient (Wildman–Crippen LogP) is 3.50. The zero-order valence-electron chi connectivity index (χ0n) is 14.9. The van der Waals surface area contributed by atoms with Crippen molar-refractivity contribution in [2.24, 2.45) is 5.73 Å². The van der Waals surface area contributed by atoms with Crippen LogP contribution in [0.25, 0.3) is 10.9 Å². The minimum Gasteiger partial charge on any atom is -0.444 e. The highest BCUT2D eigenvalue weighted by atomic mass is 16.5. The van der Waals surface area contributed by atoms with Crippen LogP contribution >= 0.6 is 0 Å². The number of para-hydroxylation sites is 1. The molecule has 5 heteroatoms. The van der Waals surface area contributed by atoms with E-state index in [1.807, 2.05) is 30.3 Å². The van der Waals surface area contributed by atoms with Gasteiger partial charge in [-0.1, -0.05) is 48.5 Å². The SMILES string of the molecule is NC(=O)C(OC(=O)c1c2c(nc3ccccc13)CCCC2)c1ccccc1. The summed E-state index contributed by atoms with van der Waals surface area (Å²) in [7, 11) is 0. The van der Waals surface area contributed by atoms with E-state index in [9.17, 15) is 9.59 Å². The Kier molecular flexibility index (Phi) is 4.59. The molecule has 3 aromatic rings. The Morgan fingerprint density at radius 1 is 0.963 bits per heavy atom. The van der Waals surface area contributed by atoms with E-state index < -0.39 is 18.0 Å². The number of aryl methyl sites for hydroxylation is 1. The van der Waals surface area contributed by atoms with Crippen molar-refractivity contribution in [1.29, 1.82) is 0 Å². The number of nitrogens with two attached hydrogens (primary N) is 1. The number of carbonyl (C=O) groups excluding carboxylic acids is 2. The molecule has 1 aromatic heterocycles. The first-order valence-corrected chi connectivity index (χ1v) is 9.11. The number of hydrogen-bond donors (Lipinski definition) is 1. The van der Waals surface area contributed by atoms with Crippen LogP contribution in [0.3, 0.4) is 0 Å². The lowest BCUT2D eigenvalue weighted by Gasteiger charge is -2.21. The summed E-state index contributed by atoms with van der Waals surface area (Å²) in [6, 6.07) is 16.4. The first kappa shape index (κ1) is 17.2. The molecule has 136 valence electrons. The number of esters is 1. The number of ether oxygens (including phenoxy) is 1. The molecule has 1 heterocycles. The lowest BCUT2D eigenvalue weighted by Crippen LogP contribution is -2.27. The highest BCUT2D eigenvalue weighted by molar-refractivity contribution is 6.05. The second kappa shape index (κ2) is 7.19. The first-order valence-electron chi connectivity index (χ1n) is 9.11. The van der Waals surface area contributed by atoms with E-state index in [1.54, 1.807) is 24.3 Å². The van der Waals surface area contributed by atoms with Crippen molar-refractivity contribution in [3.8, 4) is 0 Å². The summed E-state index contributed by atoms with van der Waals surface area (Å²) < 4.78 is 5.62. The van der Waals surface area contributed by atoms with Gasteiger partial charge in [-0.05, 0) is 37.3 Å². The smallest absolute Gasteiger partial charge is 0.340 e. The molecule has 0 bridgehead atoms. The fraction of sp³-hybridized carbons (Fsp3) is 0.227. The third-order valence-corrected chi connectivity index (χ3v) is 4.96. The van der Waals surface area contributed by atoms with Crippen LogP contribution in [0.4, 0.5) is 0 Å². The fourth-order valence-electron chi connectivity index (χ4n) is 3.69. The molecule has 5 nitrogen and oxygen atoms in total. The molecule has 1 unspecified atom stereocenters. The van der Waals surface area contributed by atoms with Crippen LogP contribution in [0.1, 0.15) is 46.1 Å². The van der Waals surface area contributed by atoms with Gasteiger partial charge in [0.15, 0.2) is 0 Å². The first-order chi connectivity index (χ1) is 13.1. The minimum atomic E-state index is -1.12. The Morgan fingerprint density at radius 3 is 2.44 bits per heavy atom. The van der Waals surface area contributed by atoms with Crippen LogP contribution in [0.5, 0.6) is 0 Å². The second-order valence-electron chi connectivity index (χ2n) is 6.73. The standard InChI is InChI=1S/C22H20N2O3/c23-21(25)20(14-8-2-1-3-9-14)27-22(26)19-15-10-4-6-12-17(15)24-18-13-7-5-11-16(18)19/h1-4,6,8-10,12,20H,5,7,11,13H2,(H2,23,25). The summed E-state index contributed by atoms with van der Waals surface area (Å²) >= 11 is 0. The monoisotopic (exact) mass is 360 g/mol. The highest BCUT2D eigenvalue weighted by Gasteiger charge is 2.28. The molecule has 1 amide bonds. The van der Waals surface area contributed by atoms with Crippen LogP contribution in [0.15, 0.2) is 54.6 Å². The normalized spacial score (nSPS) is 14.4. The molecule has 2 N–H and O–H groups in total. The van der Waals surface area contributed by atoms with E-state index in [2.05, 4.69) is 0 Å². The lowest BCUT2D eigenvalue weighted by molar-refractivity contribution is -0.127. The van der Waals surface area contributed by atoms with Crippen molar-refractivity contribution >= 4 is 22.8 Å². The number of carbonyl (C=O) groups is 2. The van der Waals surface area contributed by atoms with E-state index in [0.717, 1.165) is 47.8 Å². The van der Waals surface area contributed by atoms with E-state index >= 15 is 0 Å². The van der Waals surface area contributed by atoms with Gasteiger partial charge < -0.3 is 10.5 Å². The molecular weight excluding hydrogens is 340 g/mol. The molecule has 0 fully saturated rings. The number of amides is 1. The molecule has 27 heavy (non-hydrogen) atoms. The molecule has 0 radical (unpaired) electrons. The number of primary amides is 1. The van der Waals surface area contributed by atoms with Gasteiger partial charge in [0, 0.05) is 16.6 Å². The zero-order valence-corrected chi connectivity index (χ0v) is 14.9. The molecule has 2 aromatic carbocycles. The van der Waals surface area contributed by atoms with Crippen molar-refractivity contribution in [2.75, 3.05) is 0 Å². The summed E-state index contributed by atoms with van der Waals surface area (Å²) in [6.07, 6.45) is 2.57. The van der Waals surface area contributed by atoms with Crippen molar-refractivity contribution in [3.05, 3.63) is 77.0 Å². The Hall–Kier alpha value is -3.21. The minimum absolute atomic E-state index is 0.512. The molecule has 4 rings (SSSR count). The van der Waals surface area contributed by atoms with Crippen LogP contribution in [0, 0.1) is 0 Å². The maximum atomic E-state index is 13.2.